The summed E-state index contributed by atoms with van der Waals surface area (Å²) in [6.07, 6.45) is 6.47. The van der Waals surface area contributed by atoms with E-state index in [4.69, 9.17) is 4.74 Å². The maximum absolute atomic E-state index is 11.8. The number of amides is 1. The third-order valence-corrected chi connectivity index (χ3v) is 4.05. The number of fused-ring (bicyclic) bond motifs is 1. The molecule has 2 atom stereocenters. The second-order valence-corrected chi connectivity index (χ2v) is 5.89. The van der Waals surface area contributed by atoms with Gasteiger partial charge in [0.25, 0.3) is 5.91 Å². The van der Waals surface area contributed by atoms with Gasteiger partial charge < -0.3 is 4.74 Å². The van der Waals surface area contributed by atoms with Gasteiger partial charge in [-0.2, -0.15) is 5.10 Å². The number of benzene rings is 1. The van der Waals surface area contributed by atoms with Crippen molar-refractivity contribution in [2.45, 2.75) is 26.7 Å². The highest BCUT2D eigenvalue weighted by molar-refractivity contribution is 5.94. The Bertz CT molecular complexity index is 599. The van der Waals surface area contributed by atoms with Crippen LogP contribution in [0.15, 0.2) is 35.5 Å². The molecule has 4 nitrogen and oxygen atoms in total. The Morgan fingerprint density at radius 2 is 2.10 bits per heavy atom. The second kappa shape index (κ2) is 5.72. The number of rotatable bonds is 4. The Kier molecular flexibility index (Phi) is 3.78. The highest BCUT2D eigenvalue weighted by atomic mass is 16.5. The number of hydrogen-bond donors (Lipinski definition) is 1. The summed E-state index contributed by atoms with van der Waals surface area (Å²) in [7, 11) is 0. The number of nitrogens with zero attached hydrogens (tertiary/aromatic N) is 1. The summed E-state index contributed by atoms with van der Waals surface area (Å²) in [6, 6.07) is 5.92. The highest BCUT2D eigenvalue weighted by Crippen LogP contribution is 2.39. The van der Waals surface area contributed by atoms with Crippen molar-refractivity contribution < 1.29 is 9.53 Å². The Morgan fingerprint density at radius 3 is 2.81 bits per heavy atom. The molecule has 0 aromatic heterocycles. The fraction of sp³-hybridized carbons (Fsp3) is 0.412. The average Bonchev–Trinajstić information content (AvgIpc) is 2.77. The first kappa shape index (κ1) is 13.9. The second-order valence-electron chi connectivity index (χ2n) is 5.89. The molecule has 2 aliphatic rings. The minimum atomic E-state index is -0.212. The Morgan fingerprint density at radius 1 is 1.33 bits per heavy atom. The van der Waals surface area contributed by atoms with Crippen molar-refractivity contribution in [2.75, 3.05) is 6.61 Å². The van der Waals surface area contributed by atoms with Crippen molar-refractivity contribution in [1.29, 1.82) is 0 Å². The first-order valence-electron chi connectivity index (χ1n) is 7.35. The Labute approximate surface area is 124 Å². The lowest BCUT2D eigenvalue weighted by atomic mass is 9.74. The van der Waals surface area contributed by atoms with Gasteiger partial charge in [0.05, 0.1) is 0 Å². The summed E-state index contributed by atoms with van der Waals surface area (Å²) < 4.78 is 5.51. The van der Waals surface area contributed by atoms with Crippen LogP contribution in [0.3, 0.4) is 0 Å². The monoisotopic (exact) mass is 284 g/mol. The van der Waals surface area contributed by atoms with Crippen LogP contribution in [0.2, 0.25) is 0 Å². The number of ether oxygens (including phenoxy) is 1. The van der Waals surface area contributed by atoms with E-state index in [2.05, 4.69) is 28.7 Å². The van der Waals surface area contributed by atoms with Gasteiger partial charge in [0.15, 0.2) is 6.61 Å². The number of aryl methyl sites for hydroxylation is 2. The summed E-state index contributed by atoms with van der Waals surface area (Å²) in [5.41, 5.74) is 5.94. The van der Waals surface area contributed by atoms with Crippen molar-refractivity contribution in [3.05, 3.63) is 41.5 Å². The molecule has 1 saturated carbocycles. The van der Waals surface area contributed by atoms with Gasteiger partial charge in [0.2, 0.25) is 0 Å². The zero-order valence-corrected chi connectivity index (χ0v) is 12.4. The number of nitrogens with one attached hydrogen (secondary N) is 1. The molecule has 3 rings (SSSR count). The fourth-order valence-corrected chi connectivity index (χ4v) is 2.99. The van der Waals surface area contributed by atoms with E-state index < -0.39 is 0 Å². The Hall–Kier alpha value is -2.10. The topological polar surface area (TPSA) is 50.7 Å². The van der Waals surface area contributed by atoms with Gasteiger partial charge >= 0.3 is 0 Å². The highest BCUT2D eigenvalue weighted by Gasteiger charge is 2.37. The van der Waals surface area contributed by atoms with Gasteiger partial charge in [-0.1, -0.05) is 18.2 Å². The van der Waals surface area contributed by atoms with Gasteiger partial charge in [0.1, 0.15) is 5.75 Å². The van der Waals surface area contributed by atoms with E-state index in [0.29, 0.717) is 11.8 Å². The molecule has 0 saturated heterocycles. The molecular weight excluding hydrogens is 264 g/mol. The SMILES string of the molecule is Cc1cc(C)cc(OCC(=O)N/N=C2/C[C@H]3C=CC[C@@H]23)c1. The number of carbonyl (C=O) groups is 1. The first-order chi connectivity index (χ1) is 10.1. The maximum atomic E-state index is 11.8. The van der Waals surface area contributed by atoms with Crippen molar-refractivity contribution in [2.24, 2.45) is 16.9 Å². The molecule has 1 N–H and O–H groups in total. The van der Waals surface area contributed by atoms with Gasteiger partial charge in [-0.15, -0.1) is 0 Å². The summed E-state index contributed by atoms with van der Waals surface area (Å²) >= 11 is 0. The van der Waals surface area contributed by atoms with E-state index in [0.717, 1.165) is 35.4 Å². The molecular formula is C17H20N2O2. The van der Waals surface area contributed by atoms with Crippen LogP contribution in [0.25, 0.3) is 0 Å². The van der Waals surface area contributed by atoms with Crippen molar-refractivity contribution in [1.82, 2.24) is 5.43 Å². The third kappa shape index (κ3) is 3.15. The third-order valence-electron chi connectivity index (χ3n) is 4.05. The van der Waals surface area contributed by atoms with Crippen LogP contribution >= 0.6 is 0 Å². The normalized spacial score (nSPS) is 24.6. The number of carbonyl (C=O) groups excluding carboxylic acids is 1. The molecule has 2 aliphatic carbocycles. The number of hydrogen-bond acceptors (Lipinski definition) is 3. The zero-order valence-electron chi connectivity index (χ0n) is 12.4. The smallest absolute Gasteiger partial charge is 0.277 e. The Balaban J connectivity index is 1.47. The van der Waals surface area contributed by atoms with Gasteiger partial charge in [-0.3, -0.25) is 4.79 Å². The van der Waals surface area contributed by atoms with E-state index >= 15 is 0 Å². The average molecular weight is 284 g/mol. The predicted octanol–water partition coefficient (Wildman–Crippen LogP) is 2.75. The van der Waals surface area contributed by atoms with E-state index in [9.17, 15) is 4.79 Å². The lowest BCUT2D eigenvalue weighted by Gasteiger charge is -2.31. The summed E-state index contributed by atoms with van der Waals surface area (Å²) in [6.45, 7) is 4.01. The van der Waals surface area contributed by atoms with E-state index in [1.165, 1.54) is 0 Å². The molecule has 1 fully saturated rings. The van der Waals surface area contributed by atoms with Crippen LogP contribution in [0.5, 0.6) is 5.75 Å². The van der Waals surface area contributed by atoms with Crippen LogP contribution in [0.4, 0.5) is 0 Å². The molecule has 4 heteroatoms. The molecule has 1 aromatic rings. The van der Waals surface area contributed by atoms with Crippen LogP contribution in [0.1, 0.15) is 24.0 Å². The van der Waals surface area contributed by atoms with Crippen LogP contribution in [0, 0.1) is 25.7 Å². The van der Waals surface area contributed by atoms with Crippen molar-refractivity contribution >= 4 is 11.6 Å². The number of hydrazone groups is 1. The predicted molar refractivity (Wildman–Crippen MR) is 82.3 cm³/mol. The quantitative estimate of drug-likeness (QED) is 0.682. The molecule has 0 bridgehead atoms. The minimum Gasteiger partial charge on any atom is -0.484 e. The standard InChI is InChI=1S/C17H20N2O2/c1-11-6-12(2)8-14(7-11)21-10-17(20)19-18-16-9-13-4-3-5-15(13)16/h3-4,6-8,13,15H,5,9-10H2,1-2H3,(H,19,20)/b18-16-/t13-,15-/m1/s1. The summed E-state index contributed by atoms with van der Waals surface area (Å²) in [5.74, 6) is 1.67. The van der Waals surface area contributed by atoms with Crippen LogP contribution in [-0.2, 0) is 4.79 Å². The molecule has 110 valence electrons. The first-order valence-corrected chi connectivity index (χ1v) is 7.35. The van der Waals surface area contributed by atoms with E-state index in [-0.39, 0.29) is 12.5 Å². The van der Waals surface area contributed by atoms with E-state index in [1.54, 1.807) is 0 Å². The van der Waals surface area contributed by atoms with Crippen molar-refractivity contribution in [3.63, 3.8) is 0 Å². The van der Waals surface area contributed by atoms with Gasteiger partial charge in [0, 0.05) is 11.6 Å². The van der Waals surface area contributed by atoms with Crippen LogP contribution in [-0.4, -0.2) is 18.2 Å². The molecule has 0 heterocycles. The molecule has 0 unspecified atom stereocenters. The van der Waals surface area contributed by atoms with Crippen molar-refractivity contribution in [3.8, 4) is 5.75 Å². The maximum Gasteiger partial charge on any atom is 0.277 e. The van der Waals surface area contributed by atoms with E-state index in [1.807, 2.05) is 26.0 Å². The molecule has 0 radical (unpaired) electrons. The molecule has 0 aliphatic heterocycles. The molecule has 1 aromatic carbocycles. The van der Waals surface area contributed by atoms with Crippen LogP contribution < -0.4 is 10.2 Å². The molecule has 0 spiro atoms. The zero-order chi connectivity index (χ0) is 14.8. The fourth-order valence-electron chi connectivity index (χ4n) is 2.99. The largest absolute Gasteiger partial charge is 0.484 e. The summed E-state index contributed by atoms with van der Waals surface area (Å²) in [4.78, 5) is 11.8. The molecule has 1 amide bonds. The number of allylic oxidation sites excluding steroid dienone is 2. The lowest BCUT2D eigenvalue weighted by Crippen LogP contribution is -2.36. The van der Waals surface area contributed by atoms with Gasteiger partial charge in [-0.25, -0.2) is 5.43 Å². The lowest BCUT2D eigenvalue weighted by molar-refractivity contribution is -0.123. The molecule has 21 heavy (non-hydrogen) atoms. The van der Waals surface area contributed by atoms with Gasteiger partial charge in [-0.05, 0) is 55.9 Å². The summed E-state index contributed by atoms with van der Waals surface area (Å²) in [5, 5.41) is 4.22. The minimum absolute atomic E-state index is 0.00792.